The summed E-state index contributed by atoms with van der Waals surface area (Å²) in [5.41, 5.74) is 3.97. The van der Waals surface area contributed by atoms with E-state index in [1.807, 2.05) is 6.92 Å². The number of carbonyl (C=O) groups excluding carboxylic acids is 1. The molecule has 0 aliphatic carbocycles. The van der Waals surface area contributed by atoms with Crippen LogP contribution < -0.4 is 15.5 Å². The van der Waals surface area contributed by atoms with Crippen LogP contribution in [-0.2, 0) is 17.8 Å². The zero-order valence-electron chi connectivity index (χ0n) is 11.3. The fourth-order valence-electron chi connectivity index (χ4n) is 2.31. The van der Waals surface area contributed by atoms with Gasteiger partial charge in [0.1, 0.15) is 0 Å². The zero-order valence-corrected chi connectivity index (χ0v) is 11.3. The maximum absolute atomic E-state index is 11.4. The third-order valence-electron chi connectivity index (χ3n) is 3.52. The molecule has 18 heavy (non-hydrogen) atoms. The molecule has 0 fully saturated rings. The van der Waals surface area contributed by atoms with Crippen molar-refractivity contribution in [2.75, 3.05) is 25.5 Å². The molecule has 1 aromatic rings. The van der Waals surface area contributed by atoms with Crippen LogP contribution >= 0.6 is 0 Å². The molecule has 0 saturated carbocycles. The summed E-state index contributed by atoms with van der Waals surface area (Å²) in [5, 5.41) is 5.87. The highest BCUT2D eigenvalue weighted by molar-refractivity contribution is 5.80. The molecular formula is C14H21N3O. The number of nitrogens with zero attached hydrogens (tertiary/aromatic N) is 1. The Balaban J connectivity index is 1.97. The van der Waals surface area contributed by atoms with E-state index in [0.717, 1.165) is 19.5 Å². The van der Waals surface area contributed by atoms with Crippen LogP contribution in [0, 0.1) is 0 Å². The molecule has 1 amide bonds. The van der Waals surface area contributed by atoms with Gasteiger partial charge in [-0.15, -0.1) is 0 Å². The van der Waals surface area contributed by atoms with Gasteiger partial charge < -0.3 is 15.5 Å². The number of anilines is 1. The molecule has 2 N–H and O–H groups in total. The molecule has 1 atom stereocenters. The Bertz CT molecular complexity index is 445. The lowest BCUT2D eigenvalue weighted by molar-refractivity contribution is -0.122. The highest BCUT2D eigenvalue weighted by atomic mass is 16.2. The molecule has 4 nitrogen and oxygen atoms in total. The summed E-state index contributed by atoms with van der Waals surface area (Å²) in [6.45, 7) is 3.70. The Morgan fingerprint density at radius 3 is 3.00 bits per heavy atom. The van der Waals surface area contributed by atoms with Crippen molar-refractivity contribution in [2.45, 2.75) is 25.9 Å². The average Bonchev–Trinajstić information content (AvgIpc) is 2.76. The van der Waals surface area contributed by atoms with Crippen molar-refractivity contribution in [3.05, 3.63) is 29.3 Å². The molecule has 0 radical (unpaired) electrons. The van der Waals surface area contributed by atoms with Gasteiger partial charge in [0.25, 0.3) is 0 Å². The predicted molar refractivity (Wildman–Crippen MR) is 73.8 cm³/mol. The topological polar surface area (TPSA) is 44.4 Å². The number of carbonyl (C=O) groups is 1. The van der Waals surface area contributed by atoms with Gasteiger partial charge in [-0.25, -0.2) is 0 Å². The fraction of sp³-hybridized carbons (Fsp3) is 0.500. The largest absolute Gasteiger partial charge is 0.374 e. The van der Waals surface area contributed by atoms with Crippen molar-refractivity contribution in [3.63, 3.8) is 0 Å². The van der Waals surface area contributed by atoms with Crippen LogP contribution in [0.25, 0.3) is 0 Å². The molecule has 0 aromatic heterocycles. The Hall–Kier alpha value is -1.55. The second-order valence-electron chi connectivity index (χ2n) is 4.85. The maximum atomic E-state index is 11.4. The van der Waals surface area contributed by atoms with Crippen molar-refractivity contribution >= 4 is 11.6 Å². The predicted octanol–water partition coefficient (Wildman–Crippen LogP) is 0.903. The lowest BCUT2D eigenvalue weighted by atomic mass is 10.1. The van der Waals surface area contributed by atoms with Crippen LogP contribution in [0.5, 0.6) is 0 Å². The molecule has 0 saturated heterocycles. The van der Waals surface area contributed by atoms with Gasteiger partial charge in [-0.05, 0) is 30.5 Å². The molecule has 0 bridgehead atoms. The van der Waals surface area contributed by atoms with Gasteiger partial charge in [0.15, 0.2) is 0 Å². The normalized spacial score (nSPS) is 15.4. The highest BCUT2D eigenvalue weighted by Crippen LogP contribution is 2.27. The first-order valence-electron chi connectivity index (χ1n) is 6.39. The number of amides is 1. The Kier molecular flexibility index (Phi) is 3.87. The summed E-state index contributed by atoms with van der Waals surface area (Å²) in [7, 11) is 3.78. The van der Waals surface area contributed by atoms with Crippen molar-refractivity contribution in [1.29, 1.82) is 0 Å². The Labute approximate surface area is 108 Å². The van der Waals surface area contributed by atoms with Crippen LogP contribution in [0.1, 0.15) is 18.1 Å². The number of hydrogen-bond donors (Lipinski definition) is 2. The quantitative estimate of drug-likeness (QED) is 0.831. The first kappa shape index (κ1) is 12.9. The van der Waals surface area contributed by atoms with Crippen LogP contribution in [0.2, 0.25) is 0 Å². The molecule has 1 aliphatic rings. The Morgan fingerprint density at radius 2 is 2.28 bits per heavy atom. The first-order chi connectivity index (χ1) is 8.61. The first-order valence-corrected chi connectivity index (χ1v) is 6.39. The van der Waals surface area contributed by atoms with E-state index in [-0.39, 0.29) is 11.9 Å². The van der Waals surface area contributed by atoms with E-state index in [0.29, 0.717) is 0 Å². The van der Waals surface area contributed by atoms with Crippen molar-refractivity contribution < 1.29 is 4.79 Å². The molecule has 98 valence electrons. The zero-order chi connectivity index (χ0) is 13.1. The van der Waals surface area contributed by atoms with Crippen molar-refractivity contribution in [2.24, 2.45) is 0 Å². The fourth-order valence-corrected chi connectivity index (χ4v) is 2.31. The van der Waals surface area contributed by atoms with Crippen LogP contribution in [0.4, 0.5) is 5.69 Å². The van der Waals surface area contributed by atoms with E-state index in [4.69, 9.17) is 0 Å². The average molecular weight is 247 g/mol. The molecule has 1 aliphatic heterocycles. The van der Waals surface area contributed by atoms with E-state index in [2.05, 4.69) is 40.8 Å². The van der Waals surface area contributed by atoms with E-state index in [1.54, 1.807) is 7.05 Å². The number of fused-ring (bicyclic) bond motifs is 1. The summed E-state index contributed by atoms with van der Waals surface area (Å²) in [6, 6.07) is 6.38. The van der Waals surface area contributed by atoms with E-state index in [9.17, 15) is 4.79 Å². The smallest absolute Gasteiger partial charge is 0.236 e. The molecule has 1 heterocycles. The molecule has 1 unspecified atom stereocenters. The van der Waals surface area contributed by atoms with E-state index < -0.39 is 0 Å². The monoisotopic (exact) mass is 247 g/mol. The second kappa shape index (κ2) is 5.40. The lowest BCUT2D eigenvalue weighted by Crippen LogP contribution is -2.40. The van der Waals surface area contributed by atoms with Gasteiger partial charge in [0, 0.05) is 32.9 Å². The number of hydrogen-bond acceptors (Lipinski definition) is 3. The highest BCUT2D eigenvalue weighted by Gasteiger charge is 2.16. The van der Waals surface area contributed by atoms with Crippen LogP contribution in [0.3, 0.4) is 0 Å². The number of benzene rings is 1. The summed E-state index contributed by atoms with van der Waals surface area (Å²) in [4.78, 5) is 13.7. The Morgan fingerprint density at radius 1 is 1.50 bits per heavy atom. The molecule has 1 aromatic carbocycles. The molecular weight excluding hydrogens is 226 g/mol. The van der Waals surface area contributed by atoms with Gasteiger partial charge in [0.2, 0.25) is 5.91 Å². The molecule has 0 spiro atoms. The third-order valence-corrected chi connectivity index (χ3v) is 3.52. The maximum Gasteiger partial charge on any atom is 0.236 e. The van der Waals surface area contributed by atoms with Crippen molar-refractivity contribution in [3.8, 4) is 0 Å². The van der Waals surface area contributed by atoms with E-state index >= 15 is 0 Å². The molecule has 2 rings (SSSR count). The standard InChI is InChI=1S/C14H21N3O/c1-10(14(18)15-2)16-9-11-4-5-13-12(8-11)6-7-17(13)3/h4-5,8,10,16H,6-7,9H2,1-3H3,(H,15,18). The molecule has 4 heteroatoms. The summed E-state index contributed by atoms with van der Waals surface area (Å²) < 4.78 is 0. The summed E-state index contributed by atoms with van der Waals surface area (Å²) in [6.07, 6.45) is 1.12. The minimum absolute atomic E-state index is 0.0240. The lowest BCUT2D eigenvalue weighted by Gasteiger charge is -2.14. The van der Waals surface area contributed by atoms with Gasteiger partial charge in [0.05, 0.1) is 6.04 Å². The minimum Gasteiger partial charge on any atom is -0.374 e. The SMILES string of the molecule is CNC(=O)C(C)NCc1ccc2c(c1)CCN2C. The van der Waals surface area contributed by atoms with Gasteiger partial charge in [-0.1, -0.05) is 12.1 Å². The van der Waals surface area contributed by atoms with Gasteiger partial charge in [-0.3, -0.25) is 4.79 Å². The third kappa shape index (κ3) is 2.64. The van der Waals surface area contributed by atoms with Crippen LogP contribution in [-0.4, -0.2) is 32.6 Å². The number of likely N-dealkylation sites (N-methyl/N-ethyl adjacent to an activating group) is 2. The van der Waals surface area contributed by atoms with Crippen LogP contribution in [0.15, 0.2) is 18.2 Å². The summed E-state index contributed by atoms with van der Waals surface area (Å²) >= 11 is 0. The second-order valence-corrected chi connectivity index (χ2v) is 4.85. The minimum atomic E-state index is -0.161. The van der Waals surface area contributed by atoms with Crippen molar-refractivity contribution in [1.82, 2.24) is 10.6 Å². The van der Waals surface area contributed by atoms with Gasteiger partial charge in [-0.2, -0.15) is 0 Å². The summed E-state index contributed by atoms with van der Waals surface area (Å²) in [5.74, 6) is 0.0240. The number of nitrogens with one attached hydrogen (secondary N) is 2. The van der Waals surface area contributed by atoms with Gasteiger partial charge >= 0.3 is 0 Å². The van der Waals surface area contributed by atoms with E-state index in [1.165, 1.54) is 16.8 Å². The number of rotatable bonds is 4.